The lowest BCUT2D eigenvalue weighted by Crippen LogP contribution is -2.17. The van der Waals surface area contributed by atoms with Crippen molar-refractivity contribution in [2.75, 3.05) is 12.8 Å². The van der Waals surface area contributed by atoms with Crippen LogP contribution >= 0.6 is 15.9 Å². The molecule has 0 spiro atoms. The van der Waals surface area contributed by atoms with E-state index in [9.17, 15) is 0 Å². The Morgan fingerprint density at radius 3 is 2.26 bits per heavy atom. The SMILES string of the molecule is Cc1ccc(CN(C)Cc2cc(N)cc(Br)c2)cc1. The number of rotatable bonds is 4. The van der Waals surface area contributed by atoms with Crippen LogP contribution in [0.15, 0.2) is 46.9 Å². The molecule has 3 heteroatoms. The summed E-state index contributed by atoms with van der Waals surface area (Å²) in [7, 11) is 2.12. The topological polar surface area (TPSA) is 29.3 Å². The van der Waals surface area contributed by atoms with Crippen molar-refractivity contribution in [1.82, 2.24) is 4.90 Å². The van der Waals surface area contributed by atoms with Crippen LogP contribution in [0.1, 0.15) is 16.7 Å². The highest BCUT2D eigenvalue weighted by molar-refractivity contribution is 9.10. The van der Waals surface area contributed by atoms with E-state index in [1.54, 1.807) is 0 Å². The first-order chi connectivity index (χ1) is 9.02. The predicted octanol–water partition coefficient (Wildman–Crippen LogP) is 3.97. The fourth-order valence-electron chi connectivity index (χ4n) is 2.14. The van der Waals surface area contributed by atoms with E-state index in [-0.39, 0.29) is 0 Å². The highest BCUT2D eigenvalue weighted by Crippen LogP contribution is 2.19. The zero-order valence-electron chi connectivity index (χ0n) is 11.4. The van der Waals surface area contributed by atoms with Crippen LogP contribution in [0, 0.1) is 6.92 Å². The van der Waals surface area contributed by atoms with E-state index in [1.807, 2.05) is 12.1 Å². The second kappa shape index (κ2) is 6.22. The van der Waals surface area contributed by atoms with Crippen LogP contribution < -0.4 is 5.73 Å². The lowest BCUT2D eigenvalue weighted by atomic mass is 10.1. The quantitative estimate of drug-likeness (QED) is 0.864. The second-order valence-corrected chi connectivity index (χ2v) is 5.97. The normalized spacial score (nSPS) is 10.9. The summed E-state index contributed by atoms with van der Waals surface area (Å²) < 4.78 is 1.03. The zero-order chi connectivity index (χ0) is 13.8. The van der Waals surface area contributed by atoms with Gasteiger partial charge < -0.3 is 5.73 Å². The van der Waals surface area contributed by atoms with Gasteiger partial charge in [-0.15, -0.1) is 0 Å². The number of nitrogens with zero attached hydrogens (tertiary/aromatic N) is 1. The Bertz CT molecular complexity index is 529. The number of aryl methyl sites for hydroxylation is 1. The molecule has 2 nitrogen and oxygen atoms in total. The molecule has 2 aromatic rings. The first-order valence-electron chi connectivity index (χ1n) is 6.32. The Labute approximate surface area is 123 Å². The zero-order valence-corrected chi connectivity index (χ0v) is 12.9. The largest absolute Gasteiger partial charge is 0.399 e. The molecule has 2 aromatic carbocycles. The van der Waals surface area contributed by atoms with Gasteiger partial charge in [0, 0.05) is 23.2 Å². The molecule has 0 heterocycles. The number of hydrogen-bond acceptors (Lipinski definition) is 2. The smallest absolute Gasteiger partial charge is 0.0328 e. The molecule has 0 fully saturated rings. The van der Waals surface area contributed by atoms with Gasteiger partial charge in [-0.3, -0.25) is 4.90 Å². The monoisotopic (exact) mass is 318 g/mol. The van der Waals surface area contributed by atoms with Gasteiger partial charge in [0.05, 0.1) is 0 Å². The summed E-state index contributed by atoms with van der Waals surface area (Å²) in [6.07, 6.45) is 0. The highest BCUT2D eigenvalue weighted by Gasteiger charge is 2.03. The molecule has 0 saturated heterocycles. The maximum Gasteiger partial charge on any atom is 0.0328 e. The molecule has 0 aliphatic heterocycles. The van der Waals surface area contributed by atoms with Crippen molar-refractivity contribution >= 4 is 21.6 Å². The molecular formula is C16H19BrN2. The molecule has 2 rings (SSSR count). The third-order valence-electron chi connectivity index (χ3n) is 3.01. The summed E-state index contributed by atoms with van der Waals surface area (Å²) in [6, 6.07) is 14.7. The molecule has 0 aliphatic rings. The lowest BCUT2D eigenvalue weighted by Gasteiger charge is -2.17. The molecule has 2 N–H and O–H groups in total. The standard InChI is InChI=1S/C16H19BrN2/c1-12-3-5-13(6-4-12)10-19(2)11-14-7-15(17)9-16(18)8-14/h3-9H,10-11,18H2,1-2H3. The minimum atomic E-state index is 0.799. The Kier molecular flexibility index (Phi) is 4.61. The van der Waals surface area contributed by atoms with E-state index < -0.39 is 0 Å². The van der Waals surface area contributed by atoms with Gasteiger partial charge in [-0.05, 0) is 43.3 Å². The summed E-state index contributed by atoms with van der Waals surface area (Å²) in [5.41, 5.74) is 10.5. The number of anilines is 1. The first kappa shape index (κ1) is 14.1. The van der Waals surface area contributed by atoms with Crippen LogP contribution in [0.5, 0.6) is 0 Å². The van der Waals surface area contributed by atoms with Crippen LogP contribution in [0.25, 0.3) is 0 Å². The number of nitrogens with two attached hydrogens (primary N) is 1. The number of hydrogen-bond donors (Lipinski definition) is 1. The number of halogens is 1. The van der Waals surface area contributed by atoms with Gasteiger partial charge >= 0.3 is 0 Å². The number of benzene rings is 2. The Morgan fingerprint density at radius 1 is 1.00 bits per heavy atom. The van der Waals surface area contributed by atoms with E-state index >= 15 is 0 Å². The van der Waals surface area contributed by atoms with E-state index in [2.05, 4.69) is 65.1 Å². The van der Waals surface area contributed by atoms with E-state index in [0.29, 0.717) is 0 Å². The van der Waals surface area contributed by atoms with Gasteiger partial charge in [0.2, 0.25) is 0 Å². The van der Waals surface area contributed by atoms with Crippen LogP contribution in [0.4, 0.5) is 5.69 Å². The summed E-state index contributed by atoms with van der Waals surface area (Å²) in [4.78, 5) is 2.28. The molecule has 0 bridgehead atoms. The van der Waals surface area contributed by atoms with Gasteiger partial charge in [0.15, 0.2) is 0 Å². The van der Waals surface area contributed by atoms with Gasteiger partial charge in [0.25, 0.3) is 0 Å². The van der Waals surface area contributed by atoms with Gasteiger partial charge in [0.1, 0.15) is 0 Å². The molecule has 0 atom stereocenters. The van der Waals surface area contributed by atoms with Crippen LogP contribution in [0.2, 0.25) is 0 Å². The number of nitrogen functional groups attached to an aromatic ring is 1. The van der Waals surface area contributed by atoms with Crippen molar-refractivity contribution in [3.05, 3.63) is 63.6 Å². The molecule has 100 valence electrons. The average molecular weight is 319 g/mol. The van der Waals surface area contributed by atoms with E-state index in [4.69, 9.17) is 5.73 Å². The molecule has 0 radical (unpaired) electrons. The summed E-state index contributed by atoms with van der Waals surface area (Å²) >= 11 is 3.48. The van der Waals surface area contributed by atoms with Gasteiger partial charge in [-0.2, -0.15) is 0 Å². The van der Waals surface area contributed by atoms with Gasteiger partial charge in [-0.1, -0.05) is 45.8 Å². The Morgan fingerprint density at radius 2 is 1.63 bits per heavy atom. The van der Waals surface area contributed by atoms with Crippen molar-refractivity contribution in [3.63, 3.8) is 0 Å². The Hall–Kier alpha value is -1.32. The molecule has 0 saturated carbocycles. The lowest BCUT2D eigenvalue weighted by molar-refractivity contribution is 0.319. The second-order valence-electron chi connectivity index (χ2n) is 5.05. The fraction of sp³-hybridized carbons (Fsp3) is 0.250. The maximum absolute atomic E-state index is 5.86. The first-order valence-corrected chi connectivity index (χ1v) is 7.11. The predicted molar refractivity (Wildman–Crippen MR) is 84.9 cm³/mol. The molecular weight excluding hydrogens is 300 g/mol. The van der Waals surface area contributed by atoms with E-state index in [0.717, 1.165) is 23.2 Å². The third-order valence-corrected chi connectivity index (χ3v) is 3.46. The third kappa shape index (κ3) is 4.37. The molecule has 0 unspecified atom stereocenters. The van der Waals surface area contributed by atoms with Crippen molar-refractivity contribution in [2.24, 2.45) is 0 Å². The minimum absolute atomic E-state index is 0.799. The van der Waals surface area contributed by atoms with E-state index in [1.165, 1.54) is 16.7 Å². The van der Waals surface area contributed by atoms with Crippen molar-refractivity contribution < 1.29 is 0 Å². The van der Waals surface area contributed by atoms with Crippen molar-refractivity contribution in [3.8, 4) is 0 Å². The molecule has 0 aliphatic carbocycles. The Balaban J connectivity index is 2.00. The average Bonchev–Trinajstić information content (AvgIpc) is 2.30. The van der Waals surface area contributed by atoms with Crippen LogP contribution in [-0.2, 0) is 13.1 Å². The molecule has 0 amide bonds. The van der Waals surface area contributed by atoms with Gasteiger partial charge in [-0.25, -0.2) is 0 Å². The fourth-order valence-corrected chi connectivity index (χ4v) is 2.70. The summed E-state index contributed by atoms with van der Waals surface area (Å²) in [5.74, 6) is 0. The van der Waals surface area contributed by atoms with Crippen molar-refractivity contribution in [2.45, 2.75) is 20.0 Å². The maximum atomic E-state index is 5.86. The van der Waals surface area contributed by atoms with Crippen molar-refractivity contribution in [1.29, 1.82) is 0 Å². The summed E-state index contributed by atoms with van der Waals surface area (Å²) in [6.45, 7) is 3.93. The summed E-state index contributed by atoms with van der Waals surface area (Å²) in [5, 5.41) is 0. The van der Waals surface area contributed by atoms with Crippen LogP contribution in [-0.4, -0.2) is 11.9 Å². The minimum Gasteiger partial charge on any atom is -0.399 e. The highest BCUT2D eigenvalue weighted by atomic mass is 79.9. The molecule has 19 heavy (non-hydrogen) atoms. The molecule has 0 aromatic heterocycles. The van der Waals surface area contributed by atoms with Crippen LogP contribution in [0.3, 0.4) is 0 Å².